The SMILES string of the molecule is COC(=O)CCc1cc(-c2ccc(NCc3cccc(OC(F)(F)F)c3)nc2)ccc1OC. The summed E-state index contributed by atoms with van der Waals surface area (Å²) in [5.74, 6) is 0.689. The number of methoxy groups -OCH3 is 2. The number of rotatable bonds is 9. The molecule has 1 N–H and O–H groups in total. The molecule has 174 valence electrons. The zero-order valence-corrected chi connectivity index (χ0v) is 18.1. The van der Waals surface area contributed by atoms with E-state index in [-0.39, 0.29) is 24.7 Å². The van der Waals surface area contributed by atoms with E-state index < -0.39 is 6.36 Å². The molecule has 33 heavy (non-hydrogen) atoms. The Morgan fingerprint density at radius 2 is 1.82 bits per heavy atom. The van der Waals surface area contributed by atoms with E-state index in [0.29, 0.717) is 23.6 Å². The normalized spacial score (nSPS) is 11.1. The van der Waals surface area contributed by atoms with Crippen LogP contribution in [0.5, 0.6) is 11.5 Å². The first-order valence-electron chi connectivity index (χ1n) is 10.1. The average molecular weight is 460 g/mol. The maximum absolute atomic E-state index is 12.4. The Labute approximate surface area is 189 Å². The first kappa shape index (κ1) is 23.9. The maximum Gasteiger partial charge on any atom is 0.573 e. The number of carbonyl (C=O) groups excluding carboxylic acids is 1. The molecule has 3 rings (SSSR count). The highest BCUT2D eigenvalue weighted by Crippen LogP contribution is 2.28. The lowest BCUT2D eigenvalue weighted by Gasteiger charge is -2.12. The number of benzene rings is 2. The van der Waals surface area contributed by atoms with E-state index in [0.717, 1.165) is 16.7 Å². The number of carbonyl (C=O) groups is 1. The van der Waals surface area contributed by atoms with Crippen LogP contribution in [-0.2, 0) is 22.5 Å². The quantitative estimate of drug-likeness (QED) is 0.433. The molecule has 0 amide bonds. The van der Waals surface area contributed by atoms with Crippen molar-refractivity contribution in [1.82, 2.24) is 4.98 Å². The molecular formula is C24H23F3N2O4. The largest absolute Gasteiger partial charge is 0.573 e. The molecule has 0 aliphatic rings. The minimum Gasteiger partial charge on any atom is -0.496 e. The maximum atomic E-state index is 12.4. The standard InChI is InChI=1S/C24H23F3N2O4/c1-31-21-9-6-17(13-18(21)8-11-23(30)32-2)19-7-10-22(29-15-19)28-14-16-4-3-5-20(12-16)33-24(25,26)27/h3-7,9-10,12-13,15H,8,11,14H2,1-2H3,(H,28,29). The van der Waals surface area contributed by atoms with Crippen molar-refractivity contribution in [3.05, 3.63) is 71.9 Å². The summed E-state index contributed by atoms with van der Waals surface area (Å²) in [7, 11) is 2.92. The van der Waals surface area contributed by atoms with Crippen molar-refractivity contribution < 1.29 is 32.2 Å². The summed E-state index contributed by atoms with van der Waals surface area (Å²) in [5, 5.41) is 3.08. The van der Waals surface area contributed by atoms with Crippen molar-refractivity contribution in [2.24, 2.45) is 0 Å². The number of pyridine rings is 1. The van der Waals surface area contributed by atoms with Crippen molar-refractivity contribution in [1.29, 1.82) is 0 Å². The average Bonchev–Trinajstić information content (AvgIpc) is 2.80. The Morgan fingerprint density at radius 1 is 1.03 bits per heavy atom. The lowest BCUT2D eigenvalue weighted by atomic mass is 10.0. The summed E-state index contributed by atoms with van der Waals surface area (Å²) in [6, 6.07) is 15.1. The Balaban J connectivity index is 1.67. The number of halogens is 3. The lowest BCUT2D eigenvalue weighted by Crippen LogP contribution is -2.17. The summed E-state index contributed by atoms with van der Waals surface area (Å²) < 4.78 is 51.2. The molecule has 0 radical (unpaired) electrons. The third-order valence-electron chi connectivity index (χ3n) is 4.81. The molecule has 0 spiro atoms. The fraction of sp³-hybridized carbons (Fsp3) is 0.250. The highest BCUT2D eigenvalue weighted by molar-refractivity contribution is 5.70. The van der Waals surface area contributed by atoms with Gasteiger partial charge in [-0.15, -0.1) is 13.2 Å². The van der Waals surface area contributed by atoms with Crippen molar-refractivity contribution in [2.75, 3.05) is 19.5 Å². The molecular weight excluding hydrogens is 437 g/mol. The van der Waals surface area contributed by atoms with Gasteiger partial charge in [0.1, 0.15) is 17.3 Å². The summed E-state index contributed by atoms with van der Waals surface area (Å²) in [5.41, 5.74) is 3.27. The molecule has 0 unspecified atom stereocenters. The third kappa shape index (κ3) is 7.13. The molecule has 0 saturated carbocycles. The summed E-state index contributed by atoms with van der Waals surface area (Å²) in [4.78, 5) is 15.9. The van der Waals surface area contributed by atoms with Crippen LogP contribution in [0.2, 0.25) is 0 Å². The Morgan fingerprint density at radius 3 is 2.48 bits per heavy atom. The molecule has 2 aromatic carbocycles. The van der Waals surface area contributed by atoms with Gasteiger partial charge in [0.15, 0.2) is 0 Å². The van der Waals surface area contributed by atoms with Crippen LogP contribution in [0.15, 0.2) is 60.8 Å². The van der Waals surface area contributed by atoms with Gasteiger partial charge >= 0.3 is 12.3 Å². The van der Waals surface area contributed by atoms with E-state index in [1.165, 1.54) is 25.3 Å². The predicted molar refractivity (Wildman–Crippen MR) is 117 cm³/mol. The van der Waals surface area contributed by atoms with Gasteiger partial charge in [0.25, 0.3) is 0 Å². The Hall–Kier alpha value is -3.75. The van der Waals surface area contributed by atoms with Crippen LogP contribution < -0.4 is 14.8 Å². The molecule has 0 fully saturated rings. The van der Waals surface area contributed by atoms with E-state index in [1.807, 2.05) is 24.3 Å². The number of nitrogens with zero attached hydrogens (tertiary/aromatic N) is 1. The van der Waals surface area contributed by atoms with Crippen LogP contribution in [0.1, 0.15) is 17.5 Å². The van der Waals surface area contributed by atoms with Crippen molar-refractivity contribution in [3.63, 3.8) is 0 Å². The van der Waals surface area contributed by atoms with Gasteiger partial charge in [-0.25, -0.2) is 4.98 Å². The van der Waals surface area contributed by atoms with Gasteiger partial charge in [-0.05, 0) is 59.5 Å². The van der Waals surface area contributed by atoms with Gasteiger partial charge in [-0.1, -0.05) is 18.2 Å². The van der Waals surface area contributed by atoms with Gasteiger partial charge in [-0.3, -0.25) is 4.79 Å². The van der Waals surface area contributed by atoms with Crippen LogP contribution in [-0.4, -0.2) is 31.5 Å². The number of alkyl halides is 3. The minimum absolute atomic E-state index is 0.243. The van der Waals surface area contributed by atoms with Gasteiger partial charge in [-0.2, -0.15) is 0 Å². The van der Waals surface area contributed by atoms with Crippen LogP contribution in [0.4, 0.5) is 19.0 Å². The number of nitrogens with one attached hydrogen (secondary N) is 1. The van der Waals surface area contributed by atoms with Gasteiger partial charge in [0.2, 0.25) is 0 Å². The number of aromatic nitrogens is 1. The van der Waals surface area contributed by atoms with Gasteiger partial charge in [0.05, 0.1) is 14.2 Å². The van der Waals surface area contributed by atoms with Gasteiger partial charge in [0, 0.05) is 24.7 Å². The van der Waals surface area contributed by atoms with E-state index in [4.69, 9.17) is 9.47 Å². The molecule has 0 bridgehead atoms. The summed E-state index contributed by atoms with van der Waals surface area (Å²) >= 11 is 0. The fourth-order valence-electron chi connectivity index (χ4n) is 3.21. The minimum atomic E-state index is -4.73. The summed E-state index contributed by atoms with van der Waals surface area (Å²) in [6.07, 6.45) is -2.32. The Kier molecular flexibility index (Phi) is 7.76. The number of ether oxygens (including phenoxy) is 3. The molecule has 6 nitrogen and oxygen atoms in total. The second-order valence-electron chi connectivity index (χ2n) is 7.08. The number of hydrogen-bond acceptors (Lipinski definition) is 6. The van der Waals surface area contributed by atoms with E-state index in [9.17, 15) is 18.0 Å². The molecule has 1 heterocycles. The predicted octanol–water partition coefficient (Wildman–Crippen LogP) is 5.37. The highest BCUT2D eigenvalue weighted by Gasteiger charge is 2.31. The molecule has 0 aliphatic heterocycles. The number of anilines is 1. The van der Waals surface area contributed by atoms with Crippen LogP contribution in [0, 0.1) is 0 Å². The van der Waals surface area contributed by atoms with Crippen LogP contribution in [0.25, 0.3) is 11.1 Å². The molecule has 0 aliphatic carbocycles. The zero-order chi connectivity index (χ0) is 23.8. The van der Waals surface area contributed by atoms with Crippen molar-refractivity contribution in [3.8, 4) is 22.6 Å². The highest BCUT2D eigenvalue weighted by atomic mass is 19.4. The second-order valence-corrected chi connectivity index (χ2v) is 7.08. The van der Waals surface area contributed by atoms with Crippen LogP contribution in [0.3, 0.4) is 0 Å². The molecule has 1 aromatic heterocycles. The number of esters is 1. The molecule has 3 aromatic rings. The lowest BCUT2D eigenvalue weighted by molar-refractivity contribution is -0.274. The summed E-state index contributed by atoms with van der Waals surface area (Å²) in [6.45, 7) is 0.279. The first-order chi connectivity index (χ1) is 15.8. The van der Waals surface area contributed by atoms with Gasteiger partial charge < -0.3 is 19.5 Å². The van der Waals surface area contributed by atoms with Crippen LogP contribution >= 0.6 is 0 Å². The fourth-order valence-corrected chi connectivity index (χ4v) is 3.21. The zero-order valence-electron chi connectivity index (χ0n) is 18.1. The third-order valence-corrected chi connectivity index (χ3v) is 4.81. The smallest absolute Gasteiger partial charge is 0.496 e. The Bertz CT molecular complexity index is 1090. The van der Waals surface area contributed by atoms with E-state index >= 15 is 0 Å². The van der Waals surface area contributed by atoms with Crippen molar-refractivity contribution in [2.45, 2.75) is 25.7 Å². The van der Waals surface area contributed by atoms with Crippen molar-refractivity contribution >= 4 is 11.8 Å². The molecule has 9 heteroatoms. The first-order valence-corrected chi connectivity index (χ1v) is 10.1. The topological polar surface area (TPSA) is 69.7 Å². The number of hydrogen-bond donors (Lipinski definition) is 1. The van der Waals surface area contributed by atoms with E-state index in [1.54, 1.807) is 25.4 Å². The second kappa shape index (κ2) is 10.7. The number of aryl methyl sites for hydroxylation is 1. The molecule has 0 saturated heterocycles. The van der Waals surface area contributed by atoms with E-state index in [2.05, 4.69) is 15.0 Å². The molecule has 0 atom stereocenters. The monoisotopic (exact) mass is 460 g/mol.